The molecule has 1 nitrogen and oxygen atoms in total. The molecule has 1 aromatic rings. The summed E-state index contributed by atoms with van der Waals surface area (Å²) in [5, 5.41) is 0. The van der Waals surface area contributed by atoms with Gasteiger partial charge in [0.25, 0.3) is 0 Å². The van der Waals surface area contributed by atoms with E-state index in [9.17, 15) is 8.78 Å². The fourth-order valence-electron chi connectivity index (χ4n) is 3.00. The van der Waals surface area contributed by atoms with Gasteiger partial charge >= 0.3 is 0 Å². The van der Waals surface area contributed by atoms with Crippen LogP contribution in [0.25, 0.3) is 0 Å². The number of hydrogen-bond donors (Lipinski definition) is 1. The van der Waals surface area contributed by atoms with Gasteiger partial charge in [-0.2, -0.15) is 0 Å². The summed E-state index contributed by atoms with van der Waals surface area (Å²) >= 11 is 0. The van der Waals surface area contributed by atoms with Gasteiger partial charge in [0.15, 0.2) is 0 Å². The fourth-order valence-corrected chi connectivity index (χ4v) is 3.00. The molecule has 1 fully saturated rings. The Morgan fingerprint density at radius 2 is 1.65 bits per heavy atom. The molecule has 0 saturated heterocycles. The second-order valence-corrected chi connectivity index (χ2v) is 6.01. The largest absolute Gasteiger partial charge is 0.321 e. The van der Waals surface area contributed by atoms with Gasteiger partial charge < -0.3 is 5.73 Å². The molecule has 2 N–H and O–H groups in total. The Labute approximate surface area is 101 Å². The van der Waals surface area contributed by atoms with E-state index in [1.807, 2.05) is 0 Å². The molecule has 1 aliphatic carbocycles. The van der Waals surface area contributed by atoms with Gasteiger partial charge in [0.1, 0.15) is 11.6 Å². The molecular formula is C14H19F2N. The Morgan fingerprint density at radius 1 is 1.06 bits per heavy atom. The molecule has 0 aliphatic heterocycles. The van der Waals surface area contributed by atoms with Crippen molar-refractivity contribution in [3.05, 3.63) is 35.4 Å². The molecule has 1 saturated carbocycles. The molecule has 0 heterocycles. The third-order valence-corrected chi connectivity index (χ3v) is 3.71. The first kappa shape index (κ1) is 12.5. The van der Waals surface area contributed by atoms with Crippen LogP contribution in [0.5, 0.6) is 0 Å². The molecule has 0 radical (unpaired) electrons. The quantitative estimate of drug-likeness (QED) is 0.794. The van der Waals surface area contributed by atoms with Crippen molar-refractivity contribution in [1.82, 2.24) is 0 Å². The van der Waals surface area contributed by atoms with Gasteiger partial charge in [-0.3, -0.25) is 0 Å². The van der Waals surface area contributed by atoms with E-state index >= 15 is 0 Å². The van der Waals surface area contributed by atoms with E-state index in [1.54, 1.807) is 0 Å². The highest BCUT2D eigenvalue weighted by molar-refractivity contribution is 5.27. The number of nitrogens with two attached hydrogens (primary N) is 1. The summed E-state index contributed by atoms with van der Waals surface area (Å²) in [6, 6.07) is 3.62. The van der Waals surface area contributed by atoms with E-state index < -0.39 is 17.2 Å². The van der Waals surface area contributed by atoms with Crippen LogP contribution in [0.4, 0.5) is 8.78 Å². The lowest BCUT2D eigenvalue weighted by Crippen LogP contribution is -2.44. The summed E-state index contributed by atoms with van der Waals surface area (Å²) in [4.78, 5) is 0. The van der Waals surface area contributed by atoms with Crippen molar-refractivity contribution in [3.8, 4) is 0 Å². The van der Waals surface area contributed by atoms with Crippen LogP contribution in [0.15, 0.2) is 18.2 Å². The molecule has 17 heavy (non-hydrogen) atoms. The van der Waals surface area contributed by atoms with Gasteiger partial charge in [-0.25, -0.2) is 8.78 Å². The minimum Gasteiger partial charge on any atom is -0.321 e. The van der Waals surface area contributed by atoms with Gasteiger partial charge in [0.2, 0.25) is 0 Å². The number of halogens is 2. The Bertz CT molecular complexity index is 408. The van der Waals surface area contributed by atoms with Crippen LogP contribution in [0, 0.1) is 17.0 Å². The van der Waals surface area contributed by atoms with Gasteiger partial charge in [-0.1, -0.05) is 20.3 Å². The summed E-state index contributed by atoms with van der Waals surface area (Å²) in [5.41, 5.74) is 6.49. The molecule has 3 heteroatoms. The lowest BCUT2D eigenvalue weighted by molar-refractivity contribution is 0.150. The molecule has 1 unspecified atom stereocenters. The molecule has 0 bridgehead atoms. The van der Waals surface area contributed by atoms with Crippen molar-refractivity contribution in [1.29, 1.82) is 0 Å². The molecule has 2 rings (SSSR count). The normalized spacial score (nSPS) is 28.1. The van der Waals surface area contributed by atoms with Crippen molar-refractivity contribution < 1.29 is 8.78 Å². The predicted octanol–water partition coefficient (Wildman–Crippen LogP) is 3.72. The summed E-state index contributed by atoms with van der Waals surface area (Å²) in [6.45, 7) is 4.31. The molecule has 0 amide bonds. The lowest BCUT2D eigenvalue weighted by Gasteiger charge is -2.43. The highest BCUT2D eigenvalue weighted by atomic mass is 19.1. The van der Waals surface area contributed by atoms with Crippen LogP contribution < -0.4 is 5.73 Å². The first-order valence-corrected chi connectivity index (χ1v) is 6.06. The first-order chi connectivity index (χ1) is 7.81. The zero-order chi connectivity index (χ0) is 12.7. The highest BCUT2D eigenvalue weighted by Crippen LogP contribution is 2.44. The maximum Gasteiger partial charge on any atom is 0.126 e. The van der Waals surface area contributed by atoms with Crippen LogP contribution in [0.1, 0.15) is 45.1 Å². The monoisotopic (exact) mass is 239 g/mol. The smallest absolute Gasteiger partial charge is 0.126 e. The maximum absolute atomic E-state index is 13.3. The first-order valence-electron chi connectivity index (χ1n) is 6.06. The molecule has 0 aromatic heterocycles. The zero-order valence-electron chi connectivity index (χ0n) is 10.4. The summed E-state index contributed by atoms with van der Waals surface area (Å²) in [6.07, 6.45) is 3.67. The molecule has 1 aliphatic rings. The lowest BCUT2D eigenvalue weighted by atomic mass is 9.66. The maximum atomic E-state index is 13.3. The van der Waals surface area contributed by atoms with E-state index in [2.05, 4.69) is 13.8 Å². The van der Waals surface area contributed by atoms with Crippen LogP contribution in [0.2, 0.25) is 0 Å². The van der Waals surface area contributed by atoms with Gasteiger partial charge in [-0.15, -0.1) is 0 Å². The Morgan fingerprint density at radius 3 is 2.18 bits per heavy atom. The van der Waals surface area contributed by atoms with E-state index in [0.29, 0.717) is 5.56 Å². The topological polar surface area (TPSA) is 26.0 Å². The van der Waals surface area contributed by atoms with Crippen molar-refractivity contribution in [3.63, 3.8) is 0 Å². The van der Waals surface area contributed by atoms with Crippen molar-refractivity contribution in [2.24, 2.45) is 11.1 Å². The molecule has 0 spiro atoms. The highest BCUT2D eigenvalue weighted by Gasteiger charge is 2.38. The Hall–Kier alpha value is -0.960. The van der Waals surface area contributed by atoms with E-state index in [-0.39, 0.29) is 5.41 Å². The zero-order valence-corrected chi connectivity index (χ0v) is 10.4. The fraction of sp³-hybridized carbons (Fsp3) is 0.571. The summed E-state index contributed by atoms with van der Waals surface area (Å²) < 4.78 is 26.5. The molecule has 94 valence electrons. The van der Waals surface area contributed by atoms with Crippen LogP contribution >= 0.6 is 0 Å². The standard InChI is InChI=1S/C14H19F2N/c1-13(2)4-3-5-14(17,9-13)10-6-11(15)8-12(16)7-10/h6-8H,3-5,9,17H2,1-2H3. The van der Waals surface area contributed by atoms with Crippen molar-refractivity contribution >= 4 is 0 Å². The van der Waals surface area contributed by atoms with Crippen LogP contribution in [-0.4, -0.2) is 0 Å². The van der Waals surface area contributed by atoms with Gasteiger partial charge in [0.05, 0.1) is 0 Å². The van der Waals surface area contributed by atoms with E-state index in [4.69, 9.17) is 5.73 Å². The second kappa shape index (κ2) is 4.05. The molecule has 1 aromatic carbocycles. The summed E-state index contributed by atoms with van der Waals surface area (Å²) in [7, 11) is 0. The van der Waals surface area contributed by atoms with Crippen LogP contribution in [-0.2, 0) is 5.54 Å². The SMILES string of the molecule is CC1(C)CCCC(N)(c2cc(F)cc(F)c2)C1. The Kier molecular flexibility index (Phi) is 2.98. The molecular weight excluding hydrogens is 220 g/mol. The minimum absolute atomic E-state index is 0.135. The second-order valence-electron chi connectivity index (χ2n) is 6.01. The third-order valence-electron chi connectivity index (χ3n) is 3.71. The van der Waals surface area contributed by atoms with Crippen molar-refractivity contribution in [2.45, 2.75) is 45.1 Å². The van der Waals surface area contributed by atoms with Gasteiger partial charge in [-0.05, 0) is 42.4 Å². The number of hydrogen-bond acceptors (Lipinski definition) is 1. The third kappa shape index (κ3) is 2.65. The van der Waals surface area contributed by atoms with Crippen molar-refractivity contribution in [2.75, 3.05) is 0 Å². The number of benzene rings is 1. The predicted molar refractivity (Wildman–Crippen MR) is 64.5 cm³/mol. The average Bonchev–Trinajstić information content (AvgIpc) is 2.13. The molecule has 1 atom stereocenters. The van der Waals surface area contributed by atoms with Crippen LogP contribution in [0.3, 0.4) is 0 Å². The average molecular weight is 239 g/mol. The summed E-state index contributed by atoms with van der Waals surface area (Å²) in [5.74, 6) is -1.10. The Balaban J connectivity index is 2.37. The van der Waals surface area contributed by atoms with E-state index in [1.165, 1.54) is 12.1 Å². The van der Waals surface area contributed by atoms with E-state index in [0.717, 1.165) is 31.7 Å². The minimum atomic E-state index is -0.593. The number of rotatable bonds is 1. The van der Waals surface area contributed by atoms with Gasteiger partial charge in [0, 0.05) is 11.6 Å².